The minimum atomic E-state index is -0.536. The molecule has 0 aliphatic carbocycles. The Morgan fingerprint density at radius 2 is 1.12 bits per heavy atom. The van der Waals surface area contributed by atoms with Gasteiger partial charge in [-0.3, -0.25) is 14.4 Å². The fraction of sp³-hybridized carbons (Fsp3) is 0.750. The van der Waals surface area contributed by atoms with E-state index < -0.39 is 11.9 Å². The molecule has 0 amide bonds. The van der Waals surface area contributed by atoms with Crippen LogP contribution in [0.3, 0.4) is 0 Å². The van der Waals surface area contributed by atoms with Crippen molar-refractivity contribution in [1.82, 2.24) is 0 Å². The topological polar surface area (TPSA) is 69.7 Å². The van der Waals surface area contributed by atoms with E-state index in [0.717, 1.165) is 0 Å². The number of hydrogen-bond acceptors (Lipinski definition) is 5. The SMILES string of the molecule is CCC(=O)CC.CCOC(=O)CC(=O)OCC. The summed E-state index contributed by atoms with van der Waals surface area (Å²) in [5, 5.41) is 0. The van der Waals surface area contributed by atoms with Gasteiger partial charge in [0.25, 0.3) is 0 Å². The number of hydrogen-bond donors (Lipinski definition) is 0. The highest BCUT2D eigenvalue weighted by Gasteiger charge is 2.09. The maximum absolute atomic E-state index is 10.6. The second-order valence-corrected chi connectivity index (χ2v) is 3.03. The molecule has 0 bridgehead atoms. The number of carbonyl (C=O) groups excluding carboxylic acids is 3. The van der Waals surface area contributed by atoms with Crippen molar-refractivity contribution in [3.8, 4) is 0 Å². The summed E-state index contributed by atoms with van der Waals surface area (Å²) in [5.74, 6) is -0.730. The third-order valence-corrected chi connectivity index (χ3v) is 1.69. The zero-order chi connectivity index (χ0) is 13.7. The Balaban J connectivity index is 0. The maximum atomic E-state index is 10.6. The Kier molecular flexibility index (Phi) is 13.4. The summed E-state index contributed by atoms with van der Waals surface area (Å²) >= 11 is 0. The molecule has 100 valence electrons. The van der Waals surface area contributed by atoms with Gasteiger partial charge in [-0.2, -0.15) is 0 Å². The van der Waals surface area contributed by atoms with Gasteiger partial charge in [-0.25, -0.2) is 0 Å². The summed E-state index contributed by atoms with van der Waals surface area (Å²) in [5.41, 5.74) is 0. The van der Waals surface area contributed by atoms with Crippen LogP contribution in [0.4, 0.5) is 0 Å². The van der Waals surface area contributed by atoms with Gasteiger partial charge in [0.2, 0.25) is 0 Å². The lowest BCUT2D eigenvalue weighted by Crippen LogP contribution is -2.13. The Labute approximate surface area is 102 Å². The Bertz CT molecular complexity index is 213. The van der Waals surface area contributed by atoms with E-state index in [1.165, 1.54) is 0 Å². The van der Waals surface area contributed by atoms with Crippen LogP contribution < -0.4 is 0 Å². The molecule has 0 atom stereocenters. The molecule has 0 heterocycles. The van der Waals surface area contributed by atoms with Crippen LogP contribution >= 0.6 is 0 Å². The average Bonchev–Trinajstić information content (AvgIpc) is 2.29. The molecule has 0 rings (SSSR count). The average molecular weight is 246 g/mol. The molecule has 5 nitrogen and oxygen atoms in total. The van der Waals surface area contributed by atoms with E-state index in [1.807, 2.05) is 13.8 Å². The van der Waals surface area contributed by atoms with Crippen molar-refractivity contribution in [2.45, 2.75) is 47.0 Å². The van der Waals surface area contributed by atoms with E-state index in [2.05, 4.69) is 9.47 Å². The van der Waals surface area contributed by atoms with Crippen molar-refractivity contribution < 1.29 is 23.9 Å². The quantitative estimate of drug-likeness (QED) is 0.528. The Morgan fingerprint density at radius 3 is 1.29 bits per heavy atom. The lowest BCUT2D eigenvalue weighted by atomic mass is 10.3. The molecule has 17 heavy (non-hydrogen) atoms. The van der Waals surface area contributed by atoms with E-state index in [0.29, 0.717) is 18.6 Å². The van der Waals surface area contributed by atoms with Crippen molar-refractivity contribution in [3.63, 3.8) is 0 Å². The first kappa shape index (κ1) is 18.0. The normalized spacial score (nSPS) is 8.71. The molecular weight excluding hydrogens is 224 g/mol. The molecule has 5 heteroatoms. The molecule has 0 radical (unpaired) electrons. The molecule has 0 spiro atoms. The smallest absolute Gasteiger partial charge is 0.317 e. The first-order valence-corrected chi connectivity index (χ1v) is 5.84. The summed E-state index contributed by atoms with van der Waals surface area (Å²) in [7, 11) is 0. The van der Waals surface area contributed by atoms with E-state index in [1.54, 1.807) is 13.8 Å². The zero-order valence-electron chi connectivity index (χ0n) is 11.1. The molecule has 0 aromatic rings. The summed E-state index contributed by atoms with van der Waals surface area (Å²) < 4.78 is 9.04. The third kappa shape index (κ3) is 14.6. The third-order valence-electron chi connectivity index (χ3n) is 1.69. The summed E-state index contributed by atoms with van der Waals surface area (Å²) in [6, 6.07) is 0. The highest BCUT2D eigenvalue weighted by Crippen LogP contribution is 1.89. The predicted octanol–water partition coefficient (Wildman–Crippen LogP) is 1.88. The Hall–Kier alpha value is -1.39. The number of esters is 2. The van der Waals surface area contributed by atoms with Crippen LogP contribution in [0.15, 0.2) is 0 Å². The van der Waals surface area contributed by atoms with Crippen molar-refractivity contribution in [3.05, 3.63) is 0 Å². The van der Waals surface area contributed by atoms with E-state index in [9.17, 15) is 14.4 Å². The van der Waals surface area contributed by atoms with Gasteiger partial charge in [-0.05, 0) is 13.8 Å². The van der Waals surface area contributed by atoms with Crippen LogP contribution in [0.1, 0.15) is 47.0 Å². The Morgan fingerprint density at radius 1 is 0.765 bits per heavy atom. The van der Waals surface area contributed by atoms with Crippen molar-refractivity contribution in [1.29, 1.82) is 0 Å². The van der Waals surface area contributed by atoms with Gasteiger partial charge in [0.05, 0.1) is 13.2 Å². The zero-order valence-corrected chi connectivity index (χ0v) is 11.1. The van der Waals surface area contributed by atoms with Crippen molar-refractivity contribution >= 4 is 17.7 Å². The fourth-order valence-corrected chi connectivity index (χ4v) is 0.792. The van der Waals surface area contributed by atoms with Crippen LogP contribution in [-0.4, -0.2) is 30.9 Å². The predicted molar refractivity (Wildman–Crippen MR) is 63.5 cm³/mol. The van der Waals surface area contributed by atoms with Crippen LogP contribution in [-0.2, 0) is 23.9 Å². The standard InChI is InChI=1S/C7H12O4.C5H10O/c1-3-10-6(8)5-7(9)11-4-2;1-3-5(6)4-2/h3-5H2,1-2H3;3-4H2,1-2H3. The number of Topliss-reactive ketones (excluding diaryl/α,β-unsaturated/α-hetero) is 1. The van der Waals surface area contributed by atoms with Gasteiger partial charge in [0.15, 0.2) is 0 Å². The molecule has 0 aliphatic rings. The van der Waals surface area contributed by atoms with Gasteiger partial charge in [-0.1, -0.05) is 13.8 Å². The van der Waals surface area contributed by atoms with Crippen molar-refractivity contribution in [2.24, 2.45) is 0 Å². The molecule has 0 aliphatic heterocycles. The van der Waals surface area contributed by atoms with Gasteiger partial charge >= 0.3 is 11.9 Å². The first-order valence-electron chi connectivity index (χ1n) is 5.84. The lowest BCUT2D eigenvalue weighted by molar-refractivity contribution is -0.153. The van der Waals surface area contributed by atoms with Gasteiger partial charge in [0.1, 0.15) is 12.2 Å². The lowest BCUT2D eigenvalue weighted by Gasteiger charge is -2.00. The highest BCUT2D eigenvalue weighted by atomic mass is 16.5. The minimum Gasteiger partial charge on any atom is -0.466 e. The molecule has 0 aromatic heterocycles. The van der Waals surface area contributed by atoms with E-state index >= 15 is 0 Å². The monoisotopic (exact) mass is 246 g/mol. The van der Waals surface area contributed by atoms with E-state index in [-0.39, 0.29) is 19.6 Å². The molecule has 0 unspecified atom stereocenters. The van der Waals surface area contributed by atoms with Gasteiger partial charge in [0, 0.05) is 12.8 Å². The number of ether oxygens (including phenoxy) is 2. The molecule has 0 saturated carbocycles. The fourth-order valence-electron chi connectivity index (χ4n) is 0.792. The van der Waals surface area contributed by atoms with Crippen LogP contribution in [0.25, 0.3) is 0 Å². The second kappa shape index (κ2) is 12.7. The summed E-state index contributed by atoms with van der Waals surface area (Å²) in [6.07, 6.45) is 1.09. The van der Waals surface area contributed by atoms with E-state index in [4.69, 9.17) is 0 Å². The molecule has 0 fully saturated rings. The van der Waals surface area contributed by atoms with Crippen LogP contribution in [0.5, 0.6) is 0 Å². The summed E-state index contributed by atoms with van der Waals surface area (Å²) in [4.78, 5) is 31.4. The number of carbonyl (C=O) groups is 3. The second-order valence-electron chi connectivity index (χ2n) is 3.03. The number of rotatable bonds is 6. The van der Waals surface area contributed by atoms with Crippen LogP contribution in [0.2, 0.25) is 0 Å². The molecular formula is C12H22O5. The van der Waals surface area contributed by atoms with Gasteiger partial charge < -0.3 is 9.47 Å². The first-order chi connectivity index (χ1) is 8.01. The van der Waals surface area contributed by atoms with Crippen molar-refractivity contribution in [2.75, 3.05) is 13.2 Å². The van der Waals surface area contributed by atoms with Gasteiger partial charge in [-0.15, -0.1) is 0 Å². The molecule has 0 N–H and O–H groups in total. The summed E-state index contributed by atoms with van der Waals surface area (Å²) in [6.45, 7) is 7.71. The van der Waals surface area contributed by atoms with Crippen LogP contribution in [0, 0.1) is 0 Å². The molecule has 0 aromatic carbocycles. The minimum absolute atomic E-state index is 0.290. The number of ketones is 1. The largest absolute Gasteiger partial charge is 0.466 e. The molecule has 0 saturated heterocycles. The maximum Gasteiger partial charge on any atom is 0.317 e. The highest BCUT2D eigenvalue weighted by molar-refractivity contribution is 5.91.